The maximum Gasteiger partial charge on any atom is 0.251 e. The number of hydrogen-bond acceptors (Lipinski definition) is 5. The fraction of sp³-hybridized carbons (Fsp3) is 0.368. The summed E-state index contributed by atoms with van der Waals surface area (Å²) in [6, 6.07) is 11.3. The van der Waals surface area contributed by atoms with Crippen molar-refractivity contribution in [2.45, 2.75) is 12.3 Å². The van der Waals surface area contributed by atoms with E-state index in [2.05, 4.69) is 20.9 Å². The molecule has 0 aliphatic rings. The Hall–Kier alpha value is -2.03. The number of nitrogens with one attached hydrogen (secondary N) is 3. The van der Waals surface area contributed by atoms with Crippen LogP contribution < -0.4 is 16.0 Å². The van der Waals surface area contributed by atoms with Crippen LogP contribution in [0.4, 0.5) is 5.69 Å². The van der Waals surface area contributed by atoms with Crippen molar-refractivity contribution in [1.29, 1.82) is 0 Å². The number of furan rings is 1. The quantitative estimate of drug-likeness (QED) is 0.437. The standard InChI is InChI=1S/C19H26N4O2S2/c1-20-19(26)22-15-6-4-5-14(11-15)18(24)21-9-10-27-13-17-8-7-16(25-17)12-23(2)3/h4-8,11H,9-10,12-13H2,1-3H3,(H,21,24)(H2,20,22,26). The lowest BCUT2D eigenvalue weighted by molar-refractivity contribution is 0.0956. The molecule has 0 unspecified atom stereocenters. The Morgan fingerprint density at radius 2 is 2.00 bits per heavy atom. The number of carbonyl (C=O) groups is 1. The minimum Gasteiger partial charge on any atom is -0.464 e. The third kappa shape index (κ3) is 7.62. The predicted octanol–water partition coefficient (Wildman–Crippen LogP) is 2.92. The molecule has 0 saturated carbocycles. The van der Waals surface area contributed by atoms with Gasteiger partial charge in [0.2, 0.25) is 0 Å². The molecule has 3 N–H and O–H groups in total. The second-order valence-electron chi connectivity index (χ2n) is 6.20. The molecule has 146 valence electrons. The molecule has 0 aliphatic carbocycles. The maximum atomic E-state index is 12.3. The van der Waals surface area contributed by atoms with Crippen LogP contribution in [0.1, 0.15) is 21.9 Å². The van der Waals surface area contributed by atoms with E-state index >= 15 is 0 Å². The van der Waals surface area contributed by atoms with Crippen molar-refractivity contribution in [3.63, 3.8) is 0 Å². The molecule has 0 saturated heterocycles. The second kappa shape index (κ2) is 11.0. The molecule has 1 heterocycles. The van der Waals surface area contributed by atoms with Crippen molar-refractivity contribution in [1.82, 2.24) is 15.5 Å². The highest BCUT2D eigenvalue weighted by molar-refractivity contribution is 7.98. The summed E-state index contributed by atoms with van der Waals surface area (Å²) in [5.41, 5.74) is 1.38. The third-order valence-electron chi connectivity index (χ3n) is 3.58. The van der Waals surface area contributed by atoms with Crippen LogP contribution in [-0.4, -0.2) is 49.4 Å². The number of thioether (sulfide) groups is 1. The maximum absolute atomic E-state index is 12.3. The van der Waals surface area contributed by atoms with Gasteiger partial charge in [-0.3, -0.25) is 4.79 Å². The smallest absolute Gasteiger partial charge is 0.251 e. The Balaban J connectivity index is 1.71. The van der Waals surface area contributed by atoms with Crippen LogP contribution in [0.5, 0.6) is 0 Å². The molecular weight excluding hydrogens is 380 g/mol. The summed E-state index contributed by atoms with van der Waals surface area (Å²) < 4.78 is 5.77. The van der Waals surface area contributed by atoms with E-state index in [4.69, 9.17) is 16.6 Å². The summed E-state index contributed by atoms with van der Waals surface area (Å²) in [7, 11) is 5.77. The van der Waals surface area contributed by atoms with Crippen LogP contribution in [0.3, 0.4) is 0 Å². The Morgan fingerprint density at radius 1 is 1.22 bits per heavy atom. The Kier molecular flexibility index (Phi) is 8.63. The van der Waals surface area contributed by atoms with E-state index in [-0.39, 0.29) is 5.91 Å². The summed E-state index contributed by atoms with van der Waals surface area (Å²) in [6.45, 7) is 1.40. The van der Waals surface area contributed by atoms with E-state index in [0.29, 0.717) is 17.2 Å². The molecule has 1 aromatic carbocycles. The van der Waals surface area contributed by atoms with Gasteiger partial charge in [0.25, 0.3) is 5.91 Å². The largest absolute Gasteiger partial charge is 0.464 e. The topological polar surface area (TPSA) is 69.5 Å². The van der Waals surface area contributed by atoms with Crippen molar-refractivity contribution in [3.8, 4) is 0 Å². The van der Waals surface area contributed by atoms with Gasteiger partial charge >= 0.3 is 0 Å². The highest BCUT2D eigenvalue weighted by atomic mass is 32.2. The summed E-state index contributed by atoms with van der Waals surface area (Å²) in [5.74, 6) is 3.44. The SMILES string of the molecule is CNC(=S)Nc1cccc(C(=O)NCCSCc2ccc(CN(C)C)o2)c1. The molecule has 1 aromatic heterocycles. The van der Waals surface area contributed by atoms with Crippen LogP contribution in [0.15, 0.2) is 40.8 Å². The highest BCUT2D eigenvalue weighted by Gasteiger charge is 2.07. The van der Waals surface area contributed by atoms with Crippen molar-refractivity contribution in [2.75, 3.05) is 38.8 Å². The molecule has 1 amide bonds. The molecule has 27 heavy (non-hydrogen) atoms. The first-order valence-electron chi connectivity index (χ1n) is 8.65. The van der Waals surface area contributed by atoms with Crippen LogP contribution in [-0.2, 0) is 12.3 Å². The van der Waals surface area contributed by atoms with Crippen LogP contribution >= 0.6 is 24.0 Å². The summed E-state index contributed by atoms with van der Waals surface area (Å²) in [4.78, 5) is 14.3. The number of thiocarbonyl (C=S) groups is 1. The van der Waals surface area contributed by atoms with E-state index in [1.54, 1.807) is 30.9 Å². The number of nitrogens with zero attached hydrogens (tertiary/aromatic N) is 1. The van der Waals surface area contributed by atoms with Gasteiger partial charge in [-0.15, -0.1) is 0 Å². The van der Waals surface area contributed by atoms with Crippen molar-refractivity contribution in [3.05, 3.63) is 53.5 Å². The number of anilines is 1. The van der Waals surface area contributed by atoms with E-state index in [9.17, 15) is 4.79 Å². The molecule has 6 nitrogen and oxygen atoms in total. The Morgan fingerprint density at radius 3 is 2.74 bits per heavy atom. The van der Waals surface area contributed by atoms with Gasteiger partial charge in [-0.1, -0.05) is 6.07 Å². The zero-order valence-corrected chi connectivity index (χ0v) is 17.5. The van der Waals surface area contributed by atoms with Gasteiger partial charge in [0.05, 0.1) is 12.3 Å². The number of amides is 1. The zero-order valence-electron chi connectivity index (χ0n) is 15.9. The number of rotatable bonds is 9. The van der Waals surface area contributed by atoms with Gasteiger partial charge in [-0.25, -0.2) is 0 Å². The predicted molar refractivity (Wildman–Crippen MR) is 116 cm³/mol. The summed E-state index contributed by atoms with van der Waals surface area (Å²) in [6.07, 6.45) is 0. The fourth-order valence-electron chi connectivity index (χ4n) is 2.34. The first kappa shape index (κ1) is 21.3. The number of benzene rings is 1. The molecule has 0 aliphatic heterocycles. The van der Waals surface area contributed by atoms with Gasteiger partial charge in [0.1, 0.15) is 11.5 Å². The zero-order chi connectivity index (χ0) is 19.6. The minimum atomic E-state index is -0.0964. The van der Waals surface area contributed by atoms with Gasteiger partial charge in [0, 0.05) is 30.6 Å². The van der Waals surface area contributed by atoms with E-state index in [1.807, 2.05) is 38.4 Å². The van der Waals surface area contributed by atoms with Gasteiger partial charge < -0.3 is 25.3 Å². The summed E-state index contributed by atoms with van der Waals surface area (Å²) >= 11 is 6.80. The van der Waals surface area contributed by atoms with Crippen molar-refractivity contribution >= 4 is 40.7 Å². The average molecular weight is 407 g/mol. The van der Waals surface area contributed by atoms with Gasteiger partial charge in [0.15, 0.2) is 5.11 Å². The van der Waals surface area contributed by atoms with Crippen molar-refractivity contribution < 1.29 is 9.21 Å². The van der Waals surface area contributed by atoms with E-state index in [1.165, 1.54) is 0 Å². The first-order valence-corrected chi connectivity index (χ1v) is 10.2. The number of hydrogen-bond donors (Lipinski definition) is 3. The lowest BCUT2D eigenvalue weighted by atomic mass is 10.2. The van der Waals surface area contributed by atoms with Crippen molar-refractivity contribution in [2.24, 2.45) is 0 Å². The van der Waals surface area contributed by atoms with E-state index < -0.39 is 0 Å². The van der Waals surface area contributed by atoms with Gasteiger partial charge in [-0.05, 0) is 56.6 Å². The van der Waals surface area contributed by atoms with E-state index in [0.717, 1.165) is 35.3 Å². The lowest BCUT2D eigenvalue weighted by Crippen LogP contribution is -2.26. The van der Waals surface area contributed by atoms with Crippen LogP contribution in [0.25, 0.3) is 0 Å². The van der Waals surface area contributed by atoms with Crippen LogP contribution in [0, 0.1) is 0 Å². The Bertz CT molecular complexity index is 762. The van der Waals surface area contributed by atoms with Gasteiger partial charge in [-0.2, -0.15) is 11.8 Å². The molecule has 0 atom stereocenters. The second-order valence-corrected chi connectivity index (χ2v) is 7.71. The third-order valence-corrected chi connectivity index (χ3v) is 4.86. The molecule has 2 rings (SSSR count). The fourth-order valence-corrected chi connectivity index (χ4v) is 3.20. The first-order chi connectivity index (χ1) is 13.0. The molecular formula is C19H26N4O2S2. The Labute approximate surface area is 170 Å². The molecule has 0 radical (unpaired) electrons. The lowest BCUT2D eigenvalue weighted by Gasteiger charge is -2.09. The average Bonchev–Trinajstić information content (AvgIpc) is 3.07. The minimum absolute atomic E-state index is 0.0964. The highest BCUT2D eigenvalue weighted by Crippen LogP contribution is 2.16. The number of carbonyl (C=O) groups excluding carboxylic acids is 1. The normalized spacial score (nSPS) is 10.7. The molecule has 2 aromatic rings. The monoisotopic (exact) mass is 406 g/mol. The molecule has 0 fully saturated rings. The molecule has 0 bridgehead atoms. The van der Waals surface area contributed by atoms with Crippen LogP contribution in [0.2, 0.25) is 0 Å². The molecule has 0 spiro atoms. The molecule has 8 heteroatoms. The summed E-state index contributed by atoms with van der Waals surface area (Å²) in [5, 5.41) is 9.31.